The Morgan fingerprint density at radius 1 is 1.10 bits per heavy atom. The number of H-pyrrole nitrogens is 1. The number of aromatic nitrogens is 2. The van der Waals surface area contributed by atoms with Gasteiger partial charge in [-0.3, -0.25) is 14.3 Å². The zero-order valence-corrected chi connectivity index (χ0v) is 17.8. The summed E-state index contributed by atoms with van der Waals surface area (Å²) >= 11 is 0. The van der Waals surface area contributed by atoms with Gasteiger partial charge in [-0.2, -0.15) is 0 Å². The van der Waals surface area contributed by atoms with Gasteiger partial charge in [0, 0.05) is 11.8 Å². The molecule has 1 atom stereocenters. The van der Waals surface area contributed by atoms with E-state index in [-0.39, 0.29) is 32.5 Å². The second-order valence-electron chi connectivity index (χ2n) is 7.17. The minimum Gasteiger partial charge on any atom is -0.462 e. The van der Waals surface area contributed by atoms with E-state index in [1.165, 1.54) is 10.8 Å². The van der Waals surface area contributed by atoms with E-state index in [1.807, 2.05) is 30.3 Å². The van der Waals surface area contributed by atoms with Crippen molar-refractivity contribution in [1.82, 2.24) is 14.9 Å². The van der Waals surface area contributed by atoms with Crippen LogP contribution in [0.3, 0.4) is 0 Å². The average molecular weight is 433 g/mol. The summed E-state index contributed by atoms with van der Waals surface area (Å²) in [4.78, 5) is 49.5. The van der Waals surface area contributed by atoms with E-state index < -0.39 is 29.4 Å². The van der Waals surface area contributed by atoms with Crippen LogP contribution in [0.15, 0.2) is 46.1 Å². The molecule has 2 aromatic rings. The van der Waals surface area contributed by atoms with Crippen molar-refractivity contribution in [3.8, 4) is 0 Å². The maximum atomic E-state index is 12.3. The van der Waals surface area contributed by atoms with E-state index in [0.717, 1.165) is 5.56 Å². The van der Waals surface area contributed by atoms with Crippen molar-refractivity contribution in [3.05, 3.63) is 68.5 Å². The Hall–Kier alpha value is -3.40. The number of alkyl carbamates (subject to hydrolysis) is 1. The molecular formula is C21H27N3O7. The van der Waals surface area contributed by atoms with Gasteiger partial charge >= 0.3 is 17.8 Å². The van der Waals surface area contributed by atoms with Gasteiger partial charge in [0.05, 0.1) is 6.61 Å². The Morgan fingerprint density at radius 3 is 2.48 bits per heavy atom. The molecule has 0 aliphatic carbocycles. The lowest BCUT2D eigenvalue weighted by atomic mass is 10.1. The molecule has 0 bridgehead atoms. The molecule has 10 heteroatoms. The highest BCUT2D eigenvalue weighted by atomic mass is 16.6. The number of carbonyl (C=O) groups excluding carboxylic acids is 2. The van der Waals surface area contributed by atoms with Gasteiger partial charge < -0.3 is 19.5 Å². The van der Waals surface area contributed by atoms with Crippen LogP contribution in [0.1, 0.15) is 25.0 Å². The quantitative estimate of drug-likeness (QED) is 0.427. The third-order valence-corrected chi connectivity index (χ3v) is 4.30. The monoisotopic (exact) mass is 433 g/mol. The molecule has 31 heavy (non-hydrogen) atoms. The fourth-order valence-electron chi connectivity index (χ4n) is 2.56. The van der Waals surface area contributed by atoms with Crippen LogP contribution < -0.4 is 16.6 Å². The summed E-state index contributed by atoms with van der Waals surface area (Å²) in [7, 11) is 0. The maximum absolute atomic E-state index is 12.3. The van der Waals surface area contributed by atoms with Crippen LogP contribution in [0.5, 0.6) is 0 Å². The Kier molecular flexibility index (Phi) is 9.01. The third-order valence-electron chi connectivity index (χ3n) is 4.30. The molecule has 1 aromatic carbocycles. The van der Waals surface area contributed by atoms with Crippen molar-refractivity contribution in [2.75, 3.05) is 13.2 Å². The first-order valence-corrected chi connectivity index (χ1v) is 9.80. The molecule has 1 heterocycles. The number of esters is 1. The molecular weight excluding hydrogens is 406 g/mol. The number of aromatic amines is 1. The van der Waals surface area contributed by atoms with E-state index >= 15 is 0 Å². The number of aryl methyl sites for hydroxylation is 1. The van der Waals surface area contributed by atoms with Gasteiger partial charge in [-0.25, -0.2) is 14.4 Å². The fraction of sp³-hybridized carbons (Fsp3) is 0.429. The molecule has 1 aromatic heterocycles. The highest BCUT2D eigenvalue weighted by molar-refractivity contribution is 5.81. The van der Waals surface area contributed by atoms with Gasteiger partial charge in [0.15, 0.2) is 0 Å². The van der Waals surface area contributed by atoms with E-state index in [2.05, 4.69) is 10.3 Å². The number of hydrogen-bond acceptors (Lipinski definition) is 7. The number of carbonyl (C=O) groups is 2. The van der Waals surface area contributed by atoms with Crippen molar-refractivity contribution in [2.45, 2.75) is 40.2 Å². The molecule has 10 nitrogen and oxygen atoms in total. The molecule has 0 aliphatic rings. The molecule has 0 saturated carbocycles. The molecule has 0 saturated heterocycles. The molecule has 0 aliphatic heterocycles. The second-order valence-corrected chi connectivity index (χ2v) is 7.17. The van der Waals surface area contributed by atoms with Crippen molar-refractivity contribution < 1.29 is 23.8 Å². The zero-order chi connectivity index (χ0) is 22.8. The lowest BCUT2D eigenvalue weighted by molar-refractivity contribution is -0.149. The Morgan fingerprint density at radius 2 is 1.81 bits per heavy atom. The molecule has 0 unspecified atom stereocenters. The predicted molar refractivity (Wildman–Crippen MR) is 111 cm³/mol. The van der Waals surface area contributed by atoms with Crippen LogP contribution in [0.2, 0.25) is 0 Å². The first-order chi connectivity index (χ1) is 14.8. The lowest BCUT2D eigenvalue weighted by Gasteiger charge is -2.20. The smallest absolute Gasteiger partial charge is 0.408 e. The van der Waals surface area contributed by atoms with Crippen molar-refractivity contribution in [1.29, 1.82) is 0 Å². The molecule has 0 fully saturated rings. The topological polar surface area (TPSA) is 129 Å². The number of amides is 1. The summed E-state index contributed by atoms with van der Waals surface area (Å²) in [5.41, 5.74) is 0.158. The van der Waals surface area contributed by atoms with Gasteiger partial charge in [-0.1, -0.05) is 44.2 Å². The molecule has 0 spiro atoms. The summed E-state index contributed by atoms with van der Waals surface area (Å²) in [6.45, 7) is 5.05. The standard InChI is InChI=1S/C21H27N3O7/c1-14(2)17(22-21(28)31-12-16-7-5-4-6-8-16)19(26)30-10-9-29-13-24-11-15(3)18(25)23-20(24)27/h4-8,11,14,17H,9-10,12-13H2,1-3H3,(H,22,28)(H,23,25,27)/t17-/m0/s1. The van der Waals surface area contributed by atoms with Crippen LogP contribution in [0.4, 0.5) is 4.79 Å². The van der Waals surface area contributed by atoms with Crippen LogP contribution >= 0.6 is 0 Å². The highest BCUT2D eigenvalue weighted by Crippen LogP contribution is 2.06. The van der Waals surface area contributed by atoms with Crippen molar-refractivity contribution in [2.24, 2.45) is 5.92 Å². The minimum atomic E-state index is -0.882. The maximum Gasteiger partial charge on any atom is 0.408 e. The molecule has 2 rings (SSSR count). The van der Waals surface area contributed by atoms with Crippen molar-refractivity contribution >= 4 is 12.1 Å². The molecule has 2 N–H and O–H groups in total. The van der Waals surface area contributed by atoms with E-state index in [9.17, 15) is 19.2 Å². The predicted octanol–water partition coefficient (Wildman–Crippen LogP) is 1.31. The Labute approximate surface area is 179 Å². The summed E-state index contributed by atoms with van der Waals surface area (Å²) in [6, 6.07) is 8.29. The Balaban J connectivity index is 1.75. The van der Waals surface area contributed by atoms with Crippen molar-refractivity contribution in [3.63, 3.8) is 0 Å². The number of nitrogens with zero attached hydrogens (tertiary/aromatic N) is 1. The molecule has 1 amide bonds. The lowest BCUT2D eigenvalue weighted by Crippen LogP contribution is -2.45. The molecule has 168 valence electrons. The van der Waals surface area contributed by atoms with Gasteiger partial charge in [0.25, 0.3) is 5.56 Å². The number of benzene rings is 1. The van der Waals surface area contributed by atoms with E-state index in [0.29, 0.717) is 5.56 Å². The fourth-order valence-corrected chi connectivity index (χ4v) is 2.56. The number of ether oxygens (including phenoxy) is 3. The first-order valence-electron chi connectivity index (χ1n) is 9.80. The van der Waals surface area contributed by atoms with Crippen LogP contribution in [-0.4, -0.2) is 40.9 Å². The first kappa shape index (κ1) is 23.9. The van der Waals surface area contributed by atoms with Gasteiger partial charge in [0.2, 0.25) is 0 Å². The summed E-state index contributed by atoms with van der Waals surface area (Å²) in [6.07, 6.45) is 0.663. The highest BCUT2D eigenvalue weighted by Gasteiger charge is 2.26. The van der Waals surface area contributed by atoms with Gasteiger partial charge in [-0.05, 0) is 18.4 Å². The largest absolute Gasteiger partial charge is 0.462 e. The third kappa shape index (κ3) is 7.74. The van der Waals surface area contributed by atoms with E-state index in [4.69, 9.17) is 14.2 Å². The SMILES string of the molecule is Cc1cn(COCCOC(=O)[C@@H](NC(=O)OCc2ccccc2)C(C)C)c(=O)[nH]c1=O. The summed E-state index contributed by atoms with van der Waals surface area (Å²) < 4.78 is 16.8. The summed E-state index contributed by atoms with van der Waals surface area (Å²) in [5.74, 6) is -0.840. The normalized spacial score (nSPS) is 11.7. The summed E-state index contributed by atoms with van der Waals surface area (Å²) in [5, 5.41) is 2.52. The zero-order valence-electron chi connectivity index (χ0n) is 17.8. The van der Waals surface area contributed by atoms with Crippen LogP contribution in [0.25, 0.3) is 0 Å². The van der Waals surface area contributed by atoms with E-state index in [1.54, 1.807) is 20.8 Å². The minimum absolute atomic E-state index is 0.0274. The van der Waals surface area contributed by atoms with Crippen LogP contribution in [-0.2, 0) is 32.3 Å². The molecule has 0 radical (unpaired) electrons. The van der Waals surface area contributed by atoms with Gasteiger partial charge in [0.1, 0.15) is 26.0 Å². The number of nitrogens with one attached hydrogen (secondary N) is 2. The number of rotatable bonds is 10. The van der Waals surface area contributed by atoms with Gasteiger partial charge in [-0.15, -0.1) is 0 Å². The second kappa shape index (κ2) is 11.7. The van der Waals surface area contributed by atoms with Crippen LogP contribution in [0, 0.1) is 12.8 Å². The average Bonchev–Trinajstić information content (AvgIpc) is 2.74. The number of hydrogen-bond donors (Lipinski definition) is 2. The Bertz CT molecular complexity index is 982.